The normalized spacial score (nSPS) is 11.9. The molecule has 4 heteroatoms. The van der Waals surface area contributed by atoms with Gasteiger partial charge in [0.25, 0.3) is 0 Å². The summed E-state index contributed by atoms with van der Waals surface area (Å²) >= 11 is 0. The van der Waals surface area contributed by atoms with Crippen LogP contribution in [0.1, 0.15) is 17.2 Å². The van der Waals surface area contributed by atoms with Crippen LogP contribution in [-0.4, -0.2) is 5.91 Å². The Bertz CT molecular complexity index is 564. The molecule has 19 heavy (non-hydrogen) atoms. The van der Waals surface area contributed by atoms with Crippen LogP contribution >= 0.6 is 0 Å². The zero-order chi connectivity index (χ0) is 13.8. The molecule has 0 aliphatic rings. The van der Waals surface area contributed by atoms with Gasteiger partial charge in [0.1, 0.15) is 11.9 Å². The molecule has 98 valence electrons. The van der Waals surface area contributed by atoms with Crippen LogP contribution in [0, 0.1) is 12.7 Å². The summed E-state index contributed by atoms with van der Waals surface area (Å²) in [5, 5.41) is 2.62. The molecule has 0 fully saturated rings. The second-order valence-corrected chi connectivity index (χ2v) is 4.39. The molecule has 3 nitrogen and oxygen atoms in total. The molecule has 0 unspecified atom stereocenters. The highest BCUT2D eigenvalue weighted by Gasteiger charge is 2.15. The largest absolute Gasteiger partial charge is 0.324 e. The summed E-state index contributed by atoms with van der Waals surface area (Å²) in [5.74, 6) is -0.750. The maximum absolute atomic E-state index is 13.2. The van der Waals surface area contributed by atoms with Gasteiger partial charge in [-0.25, -0.2) is 4.39 Å². The molecule has 0 radical (unpaired) electrons. The van der Waals surface area contributed by atoms with E-state index in [1.165, 1.54) is 12.1 Å². The van der Waals surface area contributed by atoms with Gasteiger partial charge in [0.15, 0.2) is 0 Å². The molecule has 2 rings (SSSR count). The fraction of sp³-hybridized carbons (Fsp3) is 0.133. The number of hydrogen-bond acceptors (Lipinski definition) is 2. The van der Waals surface area contributed by atoms with Crippen molar-refractivity contribution in [3.63, 3.8) is 0 Å². The topological polar surface area (TPSA) is 55.1 Å². The quantitative estimate of drug-likeness (QED) is 0.889. The number of nitrogens with one attached hydrogen (secondary N) is 1. The number of carbonyl (C=O) groups is 1. The number of benzene rings is 2. The number of anilines is 1. The number of carbonyl (C=O) groups excluding carboxylic acids is 1. The maximum atomic E-state index is 13.2. The van der Waals surface area contributed by atoms with E-state index >= 15 is 0 Å². The summed E-state index contributed by atoms with van der Waals surface area (Å²) in [5.41, 5.74) is 7.72. The van der Waals surface area contributed by atoms with Gasteiger partial charge in [-0.15, -0.1) is 0 Å². The molecule has 2 aromatic rings. The molecule has 3 N–H and O–H groups in total. The number of nitrogens with two attached hydrogens (primary N) is 1. The molecule has 0 aromatic heterocycles. The van der Waals surface area contributed by atoms with Gasteiger partial charge in [-0.3, -0.25) is 4.79 Å². The monoisotopic (exact) mass is 258 g/mol. The van der Waals surface area contributed by atoms with Crippen LogP contribution in [0.25, 0.3) is 0 Å². The van der Waals surface area contributed by atoms with Crippen LogP contribution in [0.3, 0.4) is 0 Å². The van der Waals surface area contributed by atoms with Crippen molar-refractivity contribution in [1.82, 2.24) is 0 Å². The van der Waals surface area contributed by atoms with Gasteiger partial charge in [0.05, 0.1) is 0 Å². The third-order valence-electron chi connectivity index (χ3n) is 2.75. The summed E-state index contributed by atoms with van der Waals surface area (Å²) in [7, 11) is 0. The van der Waals surface area contributed by atoms with Crippen molar-refractivity contribution in [2.24, 2.45) is 5.73 Å². The van der Waals surface area contributed by atoms with Crippen LogP contribution in [-0.2, 0) is 4.79 Å². The molecule has 0 spiro atoms. The first-order valence-corrected chi connectivity index (χ1v) is 5.95. The SMILES string of the molecule is Cc1cc(F)cc(NC(=O)[C@@H](N)c2ccccc2)c1. The van der Waals surface area contributed by atoms with E-state index in [2.05, 4.69) is 5.32 Å². The molecular weight excluding hydrogens is 243 g/mol. The van der Waals surface area contributed by atoms with E-state index in [-0.39, 0.29) is 11.7 Å². The Labute approximate surface area is 111 Å². The van der Waals surface area contributed by atoms with Crippen LogP contribution in [0.5, 0.6) is 0 Å². The zero-order valence-electron chi connectivity index (χ0n) is 10.6. The Morgan fingerprint density at radius 2 is 1.89 bits per heavy atom. The Hall–Kier alpha value is -2.20. The fourth-order valence-corrected chi connectivity index (χ4v) is 1.84. The van der Waals surface area contributed by atoms with Crippen molar-refractivity contribution in [3.05, 3.63) is 65.5 Å². The predicted molar refractivity (Wildman–Crippen MR) is 73.1 cm³/mol. The van der Waals surface area contributed by atoms with Crippen molar-refractivity contribution in [3.8, 4) is 0 Å². The molecule has 0 aliphatic carbocycles. The minimum Gasteiger partial charge on any atom is -0.324 e. The fourth-order valence-electron chi connectivity index (χ4n) is 1.84. The minimum absolute atomic E-state index is 0.365. The lowest BCUT2D eigenvalue weighted by Gasteiger charge is -2.13. The van der Waals surface area contributed by atoms with Gasteiger partial charge in [-0.05, 0) is 36.2 Å². The second-order valence-electron chi connectivity index (χ2n) is 4.39. The van der Waals surface area contributed by atoms with Crippen LogP contribution in [0.4, 0.5) is 10.1 Å². The first-order chi connectivity index (χ1) is 9.06. The molecule has 0 saturated carbocycles. The molecule has 2 aromatic carbocycles. The smallest absolute Gasteiger partial charge is 0.245 e. The summed E-state index contributed by atoms with van der Waals surface area (Å²) in [4.78, 5) is 12.0. The Kier molecular flexibility index (Phi) is 3.92. The van der Waals surface area contributed by atoms with Crippen LogP contribution in [0.2, 0.25) is 0 Å². The van der Waals surface area contributed by atoms with Crippen molar-refractivity contribution in [2.75, 3.05) is 5.32 Å². The zero-order valence-corrected chi connectivity index (χ0v) is 10.6. The van der Waals surface area contributed by atoms with E-state index < -0.39 is 6.04 Å². The van der Waals surface area contributed by atoms with E-state index in [1.54, 1.807) is 25.1 Å². The number of halogens is 1. The molecule has 1 amide bonds. The number of aryl methyl sites for hydroxylation is 1. The van der Waals surface area contributed by atoms with E-state index in [0.717, 1.165) is 5.56 Å². The molecule has 0 bridgehead atoms. The Morgan fingerprint density at radius 3 is 2.53 bits per heavy atom. The Morgan fingerprint density at radius 1 is 1.21 bits per heavy atom. The number of hydrogen-bond donors (Lipinski definition) is 2. The molecular formula is C15H15FN2O. The van der Waals surface area contributed by atoms with Crippen molar-refractivity contribution in [1.29, 1.82) is 0 Å². The van der Waals surface area contributed by atoms with E-state index in [4.69, 9.17) is 5.73 Å². The summed E-state index contributed by atoms with van der Waals surface area (Å²) in [6, 6.07) is 12.6. The second kappa shape index (κ2) is 5.63. The first kappa shape index (κ1) is 13.2. The van der Waals surface area contributed by atoms with E-state index in [9.17, 15) is 9.18 Å². The lowest BCUT2D eigenvalue weighted by atomic mass is 10.1. The number of amides is 1. The third kappa shape index (κ3) is 3.39. The first-order valence-electron chi connectivity index (χ1n) is 5.95. The minimum atomic E-state index is -0.773. The maximum Gasteiger partial charge on any atom is 0.245 e. The predicted octanol–water partition coefficient (Wildman–Crippen LogP) is 2.77. The van der Waals surface area contributed by atoms with Crippen molar-refractivity contribution < 1.29 is 9.18 Å². The van der Waals surface area contributed by atoms with Gasteiger partial charge in [0, 0.05) is 5.69 Å². The molecule has 0 heterocycles. The van der Waals surface area contributed by atoms with E-state index in [0.29, 0.717) is 11.3 Å². The highest BCUT2D eigenvalue weighted by Crippen LogP contribution is 2.16. The number of rotatable bonds is 3. The molecule has 0 aliphatic heterocycles. The highest BCUT2D eigenvalue weighted by molar-refractivity contribution is 5.95. The van der Waals surface area contributed by atoms with Crippen LogP contribution in [0.15, 0.2) is 48.5 Å². The molecule has 0 saturated heterocycles. The van der Waals surface area contributed by atoms with E-state index in [1.807, 2.05) is 18.2 Å². The average molecular weight is 258 g/mol. The van der Waals surface area contributed by atoms with Gasteiger partial charge >= 0.3 is 0 Å². The van der Waals surface area contributed by atoms with Gasteiger partial charge < -0.3 is 11.1 Å². The molecule has 1 atom stereocenters. The summed E-state index contributed by atoms with van der Waals surface area (Å²) in [6.45, 7) is 1.76. The highest BCUT2D eigenvalue weighted by atomic mass is 19.1. The van der Waals surface area contributed by atoms with Crippen molar-refractivity contribution in [2.45, 2.75) is 13.0 Å². The summed E-state index contributed by atoms with van der Waals surface area (Å²) < 4.78 is 13.2. The lowest BCUT2D eigenvalue weighted by molar-refractivity contribution is -0.117. The third-order valence-corrected chi connectivity index (χ3v) is 2.75. The van der Waals surface area contributed by atoms with Crippen LogP contribution < -0.4 is 11.1 Å². The Balaban J connectivity index is 2.13. The van der Waals surface area contributed by atoms with Crippen molar-refractivity contribution >= 4 is 11.6 Å². The van der Waals surface area contributed by atoms with Gasteiger partial charge in [-0.2, -0.15) is 0 Å². The van der Waals surface area contributed by atoms with Gasteiger partial charge in [0.2, 0.25) is 5.91 Å². The lowest BCUT2D eigenvalue weighted by Crippen LogP contribution is -2.27. The average Bonchev–Trinajstić information content (AvgIpc) is 2.37. The van der Waals surface area contributed by atoms with Gasteiger partial charge in [-0.1, -0.05) is 30.3 Å². The summed E-state index contributed by atoms with van der Waals surface area (Å²) in [6.07, 6.45) is 0. The standard InChI is InChI=1S/C15H15FN2O/c1-10-7-12(16)9-13(8-10)18-15(19)14(17)11-5-3-2-4-6-11/h2-9,14H,17H2,1H3,(H,18,19)/t14-/m0/s1.